The average Bonchev–Trinajstić information content (AvgIpc) is 2.86. The number of benzene rings is 3. The van der Waals surface area contributed by atoms with Gasteiger partial charge < -0.3 is 15.1 Å². The molecule has 33 heavy (non-hydrogen) atoms. The van der Waals surface area contributed by atoms with Crippen molar-refractivity contribution < 1.29 is 4.79 Å². The van der Waals surface area contributed by atoms with Gasteiger partial charge in [-0.1, -0.05) is 30.3 Å². The van der Waals surface area contributed by atoms with Crippen LogP contribution >= 0.6 is 0 Å². The maximum atomic E-state index is 12.7. The molecule has 1 aliphatic heterocycles. The number of aromatic nitrogens is 2. The number of likely N-dealkylation sites (N-methyl/N-ethyl adjacent to an activating group) is 1. The van der Waals surface area contributed by atoms with Crippen LogP contribution in [0.2, 0.25) is 0 Å². The normalized spacial score (nSPS) is 14.4. The van der Waals surface area contributed by atoms with Crippen LogP contribution in [0.4, 0.5) is 11.4 Å². The van der Waals surface area contributed by atoms with Crippen LogP contribution in [0.15, 0.2) is 77.6 Å². The summed E-state index contributed by atoms with van der Waals surface area (Å²) in [5.41, 5.74) is 3.80. The van der Waals surface area contributed by atoms with E-state index in [1.165, 1.54) is 0 Å². The van der Waals surface area contributed by atoms with E-state index in [0.717, 1.165) is 42.8 Å². The summed E-state index contributed by atoms with van der Waals surface area (Å²) >= 11 is 0. The number of H-pyrrole nitrogens is 1. The Morgan fingerprint density at radius 1 is 0.879 bits per heavy atom. The molecular formula is C26H25N5O2. The fraction of sp³-hybridized carbons (Fsp3) is 0.192. The molecule has 0 unspecified atom stereocenters. The van der Waals surface area contributed by atoms with Crippen LogP contribution in [0.25, 0.3) is 22.0 Å². The fourth-order valence-electron chi connectivity index (χ4n) is 4.14. The Bertz CT molecular complexity index is 1340. The largest absolute Gasteiger partial charge is 0.369 e. The molecule has 0 saturated carbocycles. The van der Waals surface area contributed by atoms with E-state index in [9.17, 15) is 9.59 Å². The summed E-state index contributed by atoms with van der Waals surface area (Å²) in [7, 11) is 2.14. The Kier molecular flexibility index (Phi) is 5.62. The summed E-state index contributed by atoms with van der Waals surface area (Å²) in [5.74, 6) is -0.153. The first-order valence-corrected chi connectivity index (χ1v) is 11.0. The van der Waals surface area contributed by atoms with Crippen LogP contribution in [-0.2, 0) is 0 Å². The number of rotatable bonds is 4. The molecule has 5 rings (SSSR count). The third-order valence-electron chi connectivity index (χ3n) is 6.11. The first-order chi connectivity index (χ1) is 16.1. The van der Waals surface area contributed by atoms with Crippen LogP contribution in [0.3, 0.4) is 0 Å². The van der Waals surface area contributed by atoms with Crippen molar-refractivity contribution in [3.05, 3.63) is 88.7 Å². The number of fused-ring (bicyclic) bond motifs is 1. The molecule has 1 saturated heterocycles. The van der Waals surface area contributed by atoms with Crippen molar-refractivity contribution in [1.29, 1.82) is 0 Å². The summed E-state index contributed by atoms with van der Waals surface area (Å²) in [4.78, 5) is 29.4. The lowest BCUT2D eigenvalue weighted by Gasteiger charge is -2.34. The zero-order chi connectivity index (χ0) is 22.8. The molecule has 0 spiro atoms. The maximum absolute atomic E-state index is 12.7. The molecule has 166 valence electrons. The highest BCUT2D eigenvalue weighted by molar-refractivity contribution is 6.04. The SMILES string of the molecule is CN1CCN(c2ccc(C(=O)Nc3ccc(-c4n[nH]c(=O)c5ccccc45)cc3)cc2)CC1. The second-order valence-electron chi connectivity index (χ2n) is 8.32. The number of nitrogens with one attached hydrogen (secondary N) is 2. The van der Waals surface area contributed by atoms with E-state index < -0.39 is 0 Å². The quantitative estimate of drug-likeness (QED) is 0.508. The molecule has 2 N–H and O–H groups in total. The molecule has 0 bridgehead atoms. The lowest BCUT2D eigenvalue weighted by molar-refractivity contribution is 0.102. The Labute approximate surface area is 191 Å². The van der Waals surface area contributed by atoms with Crippen LogP contribution in [-0.4, -0.2) is 54.2 Å². The highest BCUT2D eigenvalue weighted by Crippen LogP contribution is 2.25. The van der Waals surface area contributed by atoms with E-state index in [-0.39, 0.29) is 11.5 Å². The molecule has 1 aromatic heterocycles. The Balaban J connectivity index is 1.29. The Morgan fingerprint density at radius 2 is 1.55 bits per heavy atom. The van der Waals surface area contributed by atoms with E-state index in [1.807, 2.05) is 66.7 Å². The fourth-order valence-corrected chi connectivity index (χ4v) is 4.14. The van der Waals surface area contributed by atoms with Gasteiger partial charge in [0.15, 0.2) is 0 Å². The molecule has 3 aromatic carbocycles. The standard InChI is InChI=1S/C26H25N5O2/c1-30-14-16-31(17-15-30)21-12-8-19(9-13-21)25(32)27-20-10-6-18(7-11-20)24-22-4-2-3-5-23(22)26(33)29-28-24/h2-13H,14-17H2,1H3,(H,27,32)(H,29,33). The van der Waals surface area contributed by atoms with Crippen molar-refractivity contribution in [2.24, 2.45) is 0 Å². The molecule has 1 aliphatic rings. The Morgan fingerprint density at radius 3 is 2.24 bits per heavy atom. The molecule has 0 atom stereocenters. The lowest BCUT2D eigenvalue weighted by Crippen LogP contribution is -2.44. The van der Waals surface area contributed by atoms with Crippen LogP contribution in [0, 0.1) is 0 Å². The number of carbonyl (C=O) groups is 1. The molecule has 1 amide bonds. The molecule has 7 heteroatoms. The number of nitrogens with zero attached hydrogens (tertiary/aromatic N) is 3. The van der Waals surface area contributed by atoms with Gasteiger partial charge in [0.25, 0.3) is 11.5 Å². The van der Waals surface area contributed by atoms with Gasteiger partial charge in [0, 0.05) is 54.1 Å². The summed E-state index contributed by atoms with van der Waals surface area (Å²) in [6, 6.07) is 22.6. The monoisotopic (exact) mass is 439 g/mol. The number of aromatic amines is 1. The smallest absolute Gasteiger partial charge is 0.272 e. The third-order valence-corrected chi connectivity index (χ3v) is 6.11. The van der Waals surface area contributed by atoms with Gasteiger partial charge in [-0.05, 0) is 49.5 Å². The van der Waals surface area contributed by atoms with Crippen LogP contribution < -0.4 is 15.8 Å². The van der Waals surface area contributed by atoms with Crippen molar-refractivity contribution in [3.8, 4) is 11.3 Å². The third kappa shape index (κ3) is 4.36. The van der Waals surface area contributed by atoms with Gasteiger partial charge in [0.2, 0.25) is 0 Å². The second-order valence-corrected chi connectivity index (χ2v) is 8.32. The first kappa shape index (κ1) is 20.9. The van der Waals surface area contributed by atoms with Gasteiger partial charge in [-0.2, -0.15) is 5.10 Å². The van der Waals surface area contributed by atoms with Gasteiger partial charge in [-0.15, -0.1) is 0 Å². The van der Waals surface area contributed by atoms with Crippen molar-refractivity contribution >= 4 is 28.1 Å². The van der Waals surface area contributed by atoms with E-state index in [2.05, 4.69) is 32.4 Å². The highest BCUT2D eigenvalue weighted by Gasteiger charge is 2.15. The van der Waals surface area contributed by atoms with Gasteiger partial charge in [0.1, 0.15) is 0 Å². The van der Waals surface area contributed by atoms with E-state index >= 15 is 0 Å². The number of anilines is 2. The minimum absolute atomic E-state index is 0.153. The van der Waals surface area contributed by atoms with Gasteiger partial charge in [0.05, 0.1) is 11.1 Å². The molecule has 1 fully saturated rings. The number of amides is 1. The van der Waals surface area contributed by atoms with Gasteiger partial charge in [-0.3, -0.25) is 9.59 Å². The summed E-state index contributed by atoms with van der Waals surface area (Å²) in [6.07, 6.45) is 0. The first-order valence-electron chi connectivity index (χ1n) is 11.0. The molecule has 2 heterocycles. The van der Waals surface area contributed by atoms with Gasteiger partial charge in [-0.25, -0.2) is 5.10 Å². The summed E-state index contributed by atoms with van der Waals surface area (Å²) < 4.78 is 0. The van der Waals surface area contributed by atoms with Crippen molar-refractivity contribution in [3.63, 3.8) is 0 Å². The van der Waals surface area contributed by atoms with E-state index in [0.29, 0.717) is 22.3 Å². The molecule has 0 radical (unpaired) electrons. The summed E-state index contributed by atoms with van der Waals surface area (Å²) in [5, 5.41) is 11.1. The molecular weight excluding hydrogens is 414 g/mol. The highest BCUT2D eigenvalue weighted by atomic mass is 16.1. The predicted octanol–water partition coefficient (Wildman–Crippen LogP) is 3.59. The zero-order valence-electron chi connectivity index (χ0n) is 18.4. The second kappa shape index (κ2) is 8.88. The summed E-state index contributed by atoms with van der Waals surface area (Å²) in [6.45, 7) is 4.08. The number of hydrogen-bond acceptors (Lipinski definition) is 5. The molecule has 7 nitrogen and oxygen atoms in total. The minimum atomic E-state index is -0.211. The topological polar surface area (TPSA) is 81.3 Å². The Hall–Kier alpha value is -3.97. The number of piperazine rings is 1. The van der Waals surface area contributed by atoms with Crippen molar-refractivity contribution in [2.45, 2.75) is 0 Å². The van der Waals surface area contributed by atoms with Crippen molar-refractivity contribution in [2.75, 3.05) is 43.4 Å². The van der Waals surface area contributed by atoms with Gasteiger partial charge >= 0.3 is 0 Å². The number of hydrogen-bond donors (Lipinski definition) is 2. The number of carbonyl (C=O) groups excluding carboxylic acids is 1. The van der Waals surface area contributed by atoms with Crippen LogP contribution in [0.1, 0.15) is 10.4 Å². The van der Waals surface area contributed by atoms with Crippen molar-refractivity contribution in [1.82, 2.24) is 15.1 Å². The molecule has 4 aromatic rings. The van der Waals surface area contributed by atoms with E-state index in [1.54, 1.807) is 6.07 Å². The predicted molar refractivity (Wildman–Crippen MR) is 132 cm³/mol. The zero-order valence-corrected chi connectivity index (χ0v) is 18.4. The van der Waals surface area contributed by atoms with Crippen LogP contribution in [0.5, 0.6) is 0 Å². The lowest BCUT2D eigenvalue weighted by atomic mass is 10.0. The maximum Gasteiger partial charge on any atom is 0.272 e. The minimum Gasteiger partial charge on any atom is -0.369 e. The average molecular weight is 440 g/mol. The molecule has 0 aliphatic carbocycles. The van der Waals surface area contributed by atoms with E-state index in [4.69, 9.17) is 0 Å².